The summed E-state index contributed by atoms with van der Waals surface area (Å²) in [5.41, 5.74) is 2.31. The molecule has 0 radical (unpaired) electrons. The molecule has 11 heteroatoms. The number of nitrogens with zero attached hydrogens (tertiary/aromatic N) is 6. The maximum atomic E-state index is 14.6. The quantitative estimate of drug-likeness (QED) is 0.412. The predicted molar refractivity (Wildman–Crippen MR) is 131 cm³/mol. The van der Waals surface area contributed by atoms with Gasteiger partial charge in [-0.1, -0.05) is 16.8 Å². The Morgan fingerprint density at radius 3 is 2.75 bits per heavy atom. The maximum absolute atomic E-state index is 14.6. The van der Waals surface area contributed by atoms with Gasteiger partial charge in [-0.3, -0.25) is 4.98 Å². The van der Waals surface area contributed by atoms with Crippen LogP contribution in [0, 0.1) is 11.6 Å². The number of anilines is 1. The zero-order valence-electron chi connectivity index (χ0n) is 19.2. The fourth-order valence-corrected chi connectivity index (χ4v) is 5.42. The molecule has 3 aromatic heterocycles. The molecule has 0 bridgehead atoms. The Hall–Kier alpha value is -3.24. The average molecular weight is 514 g/mol. The first-order valence-electron chi connectivity index (χ1n) is 11.9. The van der Waals surface area contributed by atoms with E-state index in [0.717, 1.165) is 44.1 Å². The Balaban J connectivity index is 1.42. The van der Waals surface area contributed by atoms with Crippen LogP contribution in [0.15, 0.2) is 42.7 Å². The summed E-state index contributed by atoms with van der Waals surface area (Å²) in [5.74, 6) is -0.733. The minimum atomic E-state index is -1.21. The van der Waals surface area contributed by atoms with Crippen LogP contribution in [0.25, 0.3) is 22.3 Å². The minimum absolute atomic E-state index is 0.00829. The lowest BCUT2D eigenvalue weighted by Gasteiger charge is -2.26. The number of pyridine rings is 2. The van der Waals surface area contributed by atoms with E-state index in [1.54, 1.807) is 23.2 Å². The van der Waals surface area contributed by atoms with E-state index in [1.807, 2.05) is 10.9 Å². The molecule has 36 heavy (non-hydrogen) atoms. The summed E-state index contributed by atoms with van der Waals surface area (Å²) < 4.78 is 45.0. The first kappa shape index (κ1) is 23.2. The number of hydrogen-bond donors (Lipinski definition) is 1. The lowest BCUT2D eigenvalue weighted by molar-refractivity contribution is 0.337. The molecule has 4 aromatic rings. The normalized spacial score (nSPS) is 20.9. The highest BCUT2D eigenvalue weighted by Crippen LogP contribution is 2.40. The smallest absolute Gasteiger partial charge is 0.130 e. The van der Waals surface area contributed by atoms with Crippen molar-refractivity contribution in [3.8, 4) is 11.3 Å². The van der Waals surface area contributed by atoms with Crippen LogP contribution in [0.4, 0.5) is 19.0 Å². The van der Waals surface area contributed by atoms with Gasteiger partial charge >= 0.3 is 0 Å². The van der Waals surface area contributed by atoms with Gasteiger partial charge in [0.1, 0.15) is 34.8 Å². The molecule has 0 unspecified atom stereocenters. The third-order valence-corrected chi connectivity index (χ3v) is 7.25. The number of hydrogen-bond acceptors (Lipinski definition) is 6. The Bertz CT molecular complexity index is 1420. The summed E-state index contributed by atoms with van der Waals surface area (Å²) in [4.78, 5) is 10.8. The van der Waals surface area contributed by atoms with Crippen LogP contribution in [-0.4, -0.2) is 50.8 Å². The standard InChI is InChI=1S/C25H23ClF3N7/c26-18-11-31-20-3-4-23(35-12-15(28)10-22(35)17-9-14(27)1-2-19(17)29)32-25(20)24(18)21-13-36(34-33-21)16-5-7-30-8-6-16/h1-4,9,11,13,15-16,22,30H,5-8,10,12H2/t15-,22+/m0/s1. The van der Waals surface area contributed by atoms with Crippen molar-refractivity contribution in [3.05, 3.63) is 64.9 Å². The first-order valence-corrected chi connectivity index (χ1v) is 12.3. The number of benzene rings is 1. The molecular formula is C25H23ClF3N7. The Morgan fingerprint density at radius 1 is 1.08 bits per heavy atom. The fourth-order valence-electron chi connectivity index (χ4n) is 5.18. The molecule has 0 amide bonds. The summed E-state index contributed by atoms with van der Waals surface area (Å²) in [6.07, 6.45) is 4.13. The lowest BCUT2D eigenvalue weighted by Crippen LogP contribution is -2.29. The van der Waals surface area contributed by atoms with Gasteiger partial charge in [-0.15, -0.1) is 5.10 Å². The monoisotopic (exact) mass is 513 g/mol. The Kier molecular flexibility index (Phi) is 6.00. The van der Waals surface area contributed by atoms with Crippen molar-refractivity contribution in [2.75, 3.05) is 24.5 Å². The third kappa shape index (κ3) is 4.18. The Morgan fingerprint density at radius 2 is 1.92 bits per heavy atom. The molecule has 2 aliphatic rings. The highest BCUT2D eigenvalue weighted by molar-refractivity contribution is 6.34. The van der Waals surface area contributed by atoms with Gasteiger partial charge < -0.3 is 10.2 Å². The molecule has 6 rings (SSSR count). The van der Waals surface area contributed by atoms with E-state index in [0.29, 0.717) is 33.1 Å². The van der Waals surface area contributed by atoms with E-state index >= 15 is 0 Å². The molecule has 2 atom stereocenters. The second-order valence-corrected chi connectivity index (χ2v) is 9.66. The zero-order chi connectivity index (χ0) is 24.8. The third-order valence-electron chi connectivity index (χ3n) is 6.96. The minimum Gasteiger partial charge on any atom is -0.346 e. The number of aromatic nitrogens is 5. The topological polar surface area (TPSA) is 71.8 Å². The Labute approximate surface area is 210 Å². The van der Waals surface area contributed by atoms with E-state index in [1.165, 1.54) is 0 Å². The number of rotatable bonds is 4. The number of alkyl halides is 1. The zero-order valence-corrected chi connectivity index (χ0v) is 20.0. The summed E-state index contributed by atoms with van der Waals surface area (Å²) in [6, 6.07) is 6.26. The van der Waals surface area contributed by atoms with Crippen LogP contribution in [0.1, 0.15) is 36.9 Å². The van der Waals surface area contributed by atoms with Crippen molar-refractivity contribution in [2.45, 2.75) is 37.5 Å². The van der Waals surface area contributed by atoms with Crippen molar-refractivity contribution in [1.29, 1.82) is 0 Å². The second kappa shape index (κ2) is 9.33. The summed E-state index contributed by atoms with van der Waals surface area (Å²) in [5, 5.41) is 12.4. The molecule has 0 saturated carbocycles. The van der Waals surface area contributed by atoms with Gasteiger partial charge in [0.25, 0.3) is 0 Å². The first-order chi connectivity index (χ1) is 17.5. The lowest BCUT2D eigenvalue weighted by atomic mass is 10.0. The number of piperidine rings is 1. The van der Waals surface area contributed by atoms with Crippen molar-refractivity contribution < 1.29 is 13.2 Å². The van der Waals surface area contributed by atoms with Gasteiger partial charge in [-0.2, -0.15) is 0 Å². The number of fused-ring (bicyclic) bond motifs is 1. The highest BCUT2D eigenvalue weighted by atomic mass is 35.5. The summed E-state index contributed by atoms with van der Waals surface area (Å²) >= 11 is 6.58. The molecule has 2 aliphatic heterocycles. The number of nitrogens with one attached hydrogen (secondary N) is 1. The van der Waals surface area contributed by atoms with Crippen molar-refractivity contribution in [1.82, 2.24) is 30.3 Å². The summed E-state index contributed by atoms with van der Waals surface area (Å²) in [7, 11) is 0. The van der Waals surface area contributed by atoms with Crippen LogP contribution < -0.4 is 10.2 Å². The van der Waals surface area contributed by atoms with Crippen molar-refractivity contribution in [2.24, 2.45) is 0 Å². The van der Waals surface area contributed by atoms with Gasteiger partial charge in [0.2, 0.25) is 0 Å². The molecule has 2 saturated heterocycles. The van der Waals surface area contributed by atoms with Gasteiger partial charge in [-0.05, 0) is 56.3 Å². The molecule has 1 N–H and O–H groups in total. The maximum Gasteiger partial charge on any atom is 0.130 e. The fraction of sp³-hybridized carbons (Fsp3) is 0.360. The summed E-state index contributed by atoms with van der Waals surface area (Å²) in [6.45, 7) is 1.85. The van der Waals surface area contributed by atoms with E-state index < -0.39 is 23.8 Å². The van der Waals surface area contributed by atoms with Crippen LogP contribution in [0.2, 0.25) is 5.02 Å². The van der Waals surface area contributed by atoms with Crippen molar-refractivity contribution >= 4 is 28.5 Å². The number of halogens is 4. The van der Waals surface area contributed by atoms with E-state index in [-0.39, 0.29) is 24.6 Å². The van der Waals surface area contributed by atoms with Gasteiger partial charge in [-0.25, -0.2) is 22.8 Å². The highest BCUT2D eigenvalue weighted by Gasteiger charge is 2.36. The van der Waals surface area contributed by atoms with Crippen molar-refractivity contribution in [3.63, 3.8) is 0 Å². The van der Waals surface area contributed by atoms with E-state index in [9.17, 15) is 13.2 Å². The molecule has 0 aliphatic carbocycles. The van der Waals surface area contributed by atoms with Crippen LogP contribution in [0.5, 0.6) is 0 Å². The van der Waals surface area contributed by atoms with E-state index in [4.69, 9.17) is 16.6 Å². The van der Waals surface area contributed by atoms with Crippen LogP contribution >= 0.6 is 11.6 Å². The molecule has 7 nitrogen and oxygen atoms in total. The SMILES string of the molecule is Fc1ccc(F)c([C@H]2C[C@H](F)CN2c2ccc3ncc(Cl)c(-c4cn(C5CCNCC5)nn4)c3n2)c1. The van der Waals surface area contributed by atoms with Gasteiger partial charge in [0, 0.05) is 18.2 Å². The molecule has 1 aromatic carbocycles. The second-order valence-electron chi connectivity index (χ2n) is 9.25. The molecule has 2 fully saturated rings. The predicted octanol–water partition coefficient (Wildman–Crippen LogP) is 5.03. The van der Waals surface area contributed by atoms with Gasteiger partial charge in [0.05, 0.1) is 40.9 Å². The van der Waals surface area contributed by atoms with Gasteiger partial charge in [0.15, 0.2) is 0 Å². The molecular weight excluding hydrogens is 491 g/mol. The van der Waals surface area contributed by atoms with Crippen LogP contribution in [-0.2, 0) is 0 Å². The molecule has 0 spiro atoms. The average Bonchev–Trinajstić information content (AvgIpc) is 3.53. The van der Waals surface area contributed by atoms with Crippen LogP contribution in [0.3, 0.4) is 0 Å². The van der Waals surface area contributed by atoms with E-state index in [2.05, 4.69) is 20.6 Å². The molecule has 186 valence electrons. The largest absolute Gasteiger partial charge is 0.346 e. The molecule has 5 heterocycles.